The van der Waals surface area contributed by atoms with Gasteiger partial charge in [-0.05, 0) is 43.5 Å². The fourth-order valence-corrected chi connectivity index (χ4v) is 1.73. The predicted molar refractivity (Wildman–Crippen MR) is 64.0 cm³/mol. The third kappa shape index (κ3) is 5.57. The van der Waals surface area contributed by atoms with E-state index in [4.69, 9.17) is 5.11 Å². The highest BCUT2D eigenvalue weighted by Crippen LogP contribution is 2.32. The maximum Gasteiger partial charge on any atom is 0.416 e. The minimum absolute atomic E-state index is 0.0380. The van der Waals surface area contributed by atoms with Gasteiger partial charge in [-0.15, -0.1) is 0 Å². The molecule has 0 spiro atoms. The lowest BCUT2D eigenvalue weighted by Crippen LogP contribution is -2.19. The lowest BCUT2D eigenvalue weighted by Gasteiger charge is -2.13. The van der Waals surface area contributed by atoms with Gasteiger partial charge in [0.25, 0.3) is 0 Å². The van der Waals surface area contributed by atoms with Crippen molar-refractivity contribution in [1.82, 2.24) is 5.32 Å². The molecule has 0 aliphatic rings. The van der Waals surface area contributed by atoms with Crippen molar-refractivity contribution in [2.45, 2.75) is 32.0 Å². The molecule has 1 aromatic carbocycles. The van der Waals surface area contributed by atoms with Crippen LogP contribution in [0.1, 0.15) is 30.4 Å². The Morgan fingerprint density at radius 1 is 1.11 bits per heavy atom. The van der Waals surface area contributed by atoms with Crippen LogP contribution in [-0.2, 0) is 12.7 Å². The van der Waals surface area contributed by atoms with Crippen molar-refractivity contribution in [2.24, 2.45) is 0 Å². The smallest absolute Gasteiger partial charge is 0.396 e. The van der Waals surface area contributed by atoms with Gasteiger partial charge in [0.2, 0.25) is 0 Å². The van der Waals surface area contributed by atoms with Crippen molar-refractivity contribution in [3.05, 3.63) is 35.1 Å². The number of nitrogens with one attached hydrogen (secondary N) is 1. The summed E-state index contributed by atoms with van der Waals surface area (Å²) in [6, 6.07) is 2.69. The summed E-state index contributed by atoms with van der Waals surface area (Å²) in [5.41, 5.74) is -0.897. The van der Waals surface area contributed by atoms with Gasteiger partial charge < -0.3 is 10.4 Å². The third-order valence-corrected chi connectivity index (χ3v) is 2.70. The van der Waals surface area contributed by atoms with Gasteiger partial charge in [-0.3, -0.25) is 0 Å². The van der Waals surface area contributed by atoms with E-state index < -0.39 is 17.6 Å². The summed E-state index contributed by atoms with van der Waals surface area (Å²) in [5, 5.41) is 11.5. The third-order valence-electron chi connectivity index (χ3n) is 2.70. The summed E-state index contributed by atoms with van der Waals surface area (Å²) in [4.78, 5) is 0. The van der Waals surface area contributed by atoms with E-state index in [-0.39, 0.29) is 18.7 Å². The molecule has 0 radical (unpaired) electrons. The SMILES string of the molecule is OCCCCCNCc1ccc(F)cc1C(F)(F)F. The van der Waals surface area contributed by atoms with Crippen LogP contribution in [0, 0.1) is 5.82 Å². The molecule has 0 heterocycles. The van der Waals surface area contributed by atoms with E-state index in [9.17, 15) is 17.6 Å². The highest BCUT2D eigenvalue weighted by Gasteiger charge is 2.33. The molecule has 0 aliphatic heterocycles. The first-order chi connectivity index (χ1) is 8.95. The number of hydrogen-bond acceptors (Lipinski definition) is 2. The van der Waals surface area contributed by atoms with Gasteiger partial charge in [0.05, 0.1) is 5.56 Å². The molecular weight excluding hydrogens is 262 g/mol. The normalized spacial score (nSPS) is 11.8. The van der Waals surface area contributed by atoms with Crippen LogP contribution in [0.25, 0.3) is 0 Å². The van der Waals surface area contributed by atoms with Crippen LogP contribution in [0.2, 0.25) is 0 Å². The minimum atomic E-state index is -4.55. The van der Waals surface area contributed by atoms with Crippen LogP contribution >= 0.6 is 0 Å². The lowest BCUT2D eigenvalue weighted by atomic mass is 10.1. The second-order valence-electron chi connectivity index (χ2n) is 4.26. The molecule has 0 saturated heterocycles. The van der Waals surface area contributed by atoms with Crippen LogP contribution in [0.15, 0.2) is 18.2 Å². The van der Waals surface area contributed by atoms with Gasteiger partial charge in [-0.2, -0.15) is 13.2 Å². The van der Waals surface area contributed by atoms with E-state index >= 15 is 0 Å². The fraction of sp³-hybridized carbons (Fsp3) is 0.538. The van der Waals surface area contributed by atoms with E-state index in [0.717, 1.165) is 25.0 Å². The van der Waals surface area contributed by atoms with Crippen molar-refractivity contribution in [2.75, 3.05) is 13.2 Å². The Morgan fingerprint density at radius 3 is 2.47 bits per heavy atom. The van der Waals surface area contributed by atoms with Gasteiger partial charge in [0.15, 0.2) is 0 Å². The standard InChI is InChI=1S/C13H17F4NO/c14-11-5-4-10(12(8-11)13(15,16)17)9-18-6-2-1-3-7-19/h4-5,8,18-19H,1-3,6-7,9H2. The van der Waals surface area contributed by atoms with Gasteiger partial charge in [-0.1, -0.05) is 6.07 Å². The Kier molecular flexibility index (Phi) is 6.24. The fourth-order valence-electron chi connectivity index (χ4n) is 1.73. The van der Waals surface area contributed by atoms with E-state index in [0.29, 0.717) is 19.0 Å². The molecule has 19 heavy (non-hydrogen) atoms. The number of halogens is 4. The molecule has 6 heteroatoms. The Bertz CT molecular complexity index is 393. The van der Waals surface area contributed by atoms with Crippen LogP contribution in [0.5, 0.6) is 0 Å². The molecule has 0 atom stereocenters. The first-order valence-corrected chi connectivity index (χ1v) is 6.12. The molecule has 2 nitrogen and oxygen atoms in total. The maximum atomic E-state index is 12.9. The average Bonchev–Trinajstić information content (AvgIpc) is 2.34. The Hall–Kier alpha value is -1.14. The van der Waals surface area contributed by atoms with E-state index in [1.54, 1.807) is 0 Å². The second kappa shape index (κ2) is 7.45. The molecule has 0 bridgehead atoms. The number of aliphatic hydroxyl groups is 1. The average molecular weight is 279 g/mol. The predicted octanol–water partition coefficient (Wildman–Crippen LogP) is 3.10. The maximum absolute atomic E-state index is 12.9. The van der Waals surface area contributed by atoms with Crippen molar-refractivity contribution in [3.8, 4) is 0 Å². The molecule has 0 amide bonds. The van der Waals surface area contributed by atoms with Crippen molar-refractivity contribution < 1.29 is 22.7 Å². The van der Waals surface area contributed by atoms with Crippen LogP contribution in [0.3, 0.4) is 0 Å². The molecule has 0 fully saturated rings. The molecule has 0 saturated carbocycles. The first kappa shape index (κ1) is 15.9. The van der Waals surface area contributed by atoms with Crippen LogP contribution in [-0.4, -0.2) is 18.3 Å². The Balaban J connectivity index is 2.54. The molecule has 1 aromatic rings. The van der Waals surface area contributed by atoms with Crippen LogP contribution < -0.4 is 5.32 Å². The summed E-state index contributed by atoms with van der Waals surface area (Å²) in [7, 11) is 0. The number of aliphatic hydroxyl groups excluding tert-OH is 1. The van der Waals surface area contributed by atoms with Crippen molar-refractivity contribution in [1.29, 1.82) is 0 Å². The monoisotopic (exact) mass is 279 g/mol. The van der Waals surface area contributed by atoms with Gasteiger partial charge in [0.1, 0.15) is 5.82 Å². The molecule has 0 aromatic heterocycles. The number of unbranched alkanes of at least 4 members (excludes halogenated alkanes) is 2. The molecular formula is C13H17F4NO. The van der Waals surface area contributed by atoms with E-state index in [1.807, 2.05) is 0 Å². The summed E-state index contributed by atoms with van der Waals surface area (Å²) >= 11 is 0. The summed E-state index contributed by atoms with van der Waals surface area (Å²) in [6.45, 7) is 0.735. The lowest BCUT2D eigenvalue weighted by molar-refractivity contribution is -0.138. The molecule has 108 valence electrons. The summed E-state index contributed by atoms with van der Waals surface area (Å²) in [6.07, 6.45) is -2.26. The second-order valence-corrected chi connectivity index (χ2v) is 4.26. The molecule has 1 rings (SSSR count). The molecule has 0 unspecified atom stereocenters. The van der Waals surface area contributed by atoms with Crippen molar-refractivity contribution >= 4 is 0 Å². The molecule has 2 N–H and O–H groups in total. The number of hydrogen-bond donors (Lipinski definition) is 2. The highest BCUT2D eigenvalue weighted by molar-refractivity contribution is 5.30. The number of rotatable bonds is 7. The van der Waals surface area contributed by atoms with Gasteiger partial charge in [-0.25, -0.2) is 4.39 Å². The first-order valence-electron chi connectivity index (χ1n) is 6.12. The van der Waals surface area contributed by atoms with Gasteiger partial charge >= 0.3 is 6.18 Å². The zero-order valence-corrected chi connectivity index (χ0v) is 10.4. The summed E-state index contributed by atoms with van der Waals surface area (Å²) in [5.74, 6) is -0.890. The Labute approximate surface area is 109 Å². The largest absolute Gasteiger partial charge is 0.416 e. The minimum Gasteiger partial charge on any atom is -0.396 e. The quantitative estimate of drug-likeness (QED) is 0.594. The summed E-state index contributed by atoms with van der Waals surface area (Å²) < 4.78 is 50.9. The topological polar surface area (TPSA) is 32.3 Å². The zero-order chi connectivity index (χ0) is 14.3. The van der Waals surface area contributed by atoms with Crippen LogP contribution in [0.4, 0.5) is 17.6 Å². The van der Waals surface area contributed by atoms with Crippen molar-refractivity contribution in [3.63, 3.8) is 0 Å². The van der Waals surface area contributed by atoms with Gasteiger partial charge in [0, 0.05) is 13.2 Å². The van der Waals surface area contributed by atoms with E-state index in [2.05, 4.69) is 5.32 Å². The number of benzene rings is 1. The number of alkyl halides is 3. The molecule has 0 aliphatic carbocycles. The van der Waals surface area contributed by atoms with E-state index in [1.165, 1.54) is 0 Å². The highest BCUT2D eigenvalue weighted by atomic mass is 19.4. The zero-order valence-electron chi connectivity index (χ0n) is 10.4. The Morgan fingerprint density at radius 2 is 1.84 bits per heavy atom.